The molecule has 4 rings (SSSR count). The summed E-state index contributed by atoms with van der Waals surface area (Å²) in [5.74, 6) is 0.848. The van der Waals surface area contributed by atoms with E-state index in [0.29, 0.717) is 5.76 Å². The van der Waals surface area contributed by atoms with Crippen molar-refractivity contribution in [3.05, 3.63) is 35.5 Å². The fourth-order valence-electron chi connectivity index (χ4n) is 3.01. The smallest absolute Gasteiger partial charge is 0.387 e. The monoisotopic (exact) mass is 263 g/mol. The van der Waals surface area contributed by atoms with Crippen LogP contribution in [0.25, 0.3) is 11.3 Å². The van der Waals surface area contributed by atoms with E-state index in [4.69, 9.17) is 4.52 Å². The minimum Gasteiger partial charge on any atom is -0.435 e. The molecule has 98 valence electrons. The number of hydrogen-bond donors (Lipinski definition) is 0. The van der Waals surface area contributed by atoms with Gasteiger partial charge in [0.25, 0.3) is 0 Å². The molecule has 0 aliphatic heterocycles. The SMILES string of the molecule is FC(F)Oc1ccc2c(c1)-c1oncc1CC21CC1. The summed E-state index contributed by atoms with van der Waals surface area (Å²) in [4.78, 5) is 0. The van der Waals surface area contributed by atoms with Crippen LogP contribution < -0.4 is 4.74 Å². The standard InChI is InChI=1S/C14H11F2NO2/c15-13(16)18-9-1-2-11-10(5-9)12-8(7-17-19-12)6-14(11)3-4-14/h1-2,5,7,13H,3-4,6H2. The third-order valence-electron chi connectivity index (χ3n) is 4.06. The van der Waals surface area contributed by atoms with E-state index < -0.39 is 6.61 Å². The highest BCUT2D eigenvalue weighted by molar-refractivity contribution is 5.72. The fourth-order valence-corrected chi connectivity index (χ4v) is 3.01. The average molecular weight is 263 g/mol. The Balaban J connectivity index is 1.86. The number of rotatable bonds is 2. The highest BCUT2D eigenvalue weighted by Crippen LogP contribution is 2.57. The number of halogens is 2. The van der Waals surface area contributed by atoms with Crippen LogP contribution in [-0.2, 0) is 11.8 Å². The lowest BCUT2D eigenvalue weighted by molar-refractivity contribution is -0.0498. The molecule has 0 unspecified atom stereocenters. The van der Waals surface area contributed by atoms with E-state index in [2.05, 4.69) is 9.89 Å². The molecule has 0 saturated heterocycles. The van der Waals surface area contributed by atoms with E-state index in [1.165, 1.54) is 5.56 Å². The Kier molecular flexibility index (Phi) is 2.05. The van der Waals surface area contributed by atoms with Gasteiger partial charge in [0.1, 0.15) is 5.75 Å². The predicted molar refractivity (Wildman–Crippen MR) is 63.2 cm³/mol. The maximum Gasteiger partial charge on any atom is 0.387 e. The molecule has 0 N–H and O–H groups in total. The number of aromatic nitrogens is 1. The van der Waals surface area contributed by atoms with Gasteiger partial charge in [0, 0.05) is 16.5 Å². The normalized spacial score (nSPS) is 18.3. The van der Waals surface area contributed by atoms with E-state index in [-0.39, 0.29) is 11.2 Å². The summed E-state index contributed by atoms with van der Waals surface area (Å²) in [5, 5.41) is 3.82. The molecule has 19 heavy (non-hydrogen) atoms. The van der Waals surface area contributed by atoms with Crippen molar-refractivity contribution in [3.8, 4) is 17.1 Å². The number of benzene rings is 1. The Morgan fingerprint density at radius 1 is 1.32 bits per heavy atom. The van der Waals surface area contributed by atoms with Crippen LogP contribution in [0.2, 0.25) is 0 Å². The maximum atomic E-state index is 12.3. The molecule has 0 radical (unpaired) electrons. The van der Waals surface area contributed by atoms with Gasteiger partial charge in [0.15, 0.2) is 5.76 Å². The Morgan fingerprint density at radius 3 is 2.89 bits per heavy atom. The molecule has 2 aromatic rings. The van der Waals surface area contributed by atoms with Crippen molar-refractivity contribution >= 4 is 0 Å². The van der Waals surface area contributed by atoms with E-state index in [1.807, 2.05) is 6.07 Å². The second-order valence-corrected chi connectivity index (χ2v) is 5.22. The lowest BCUT2D eigenvalue weighted by Gasteiger charge is -2.24. The van der Waals surface area contributed by atoms with E-state index in [9.17, 15) is 8.78 Å². The molecule has 1 aromatic carbocycles. The van der Waals surface area contributed by atoms with E-state index >= 15 is 0 Å². The molecule has 5 heteroatoms. The highest BCUT2D eigenvalue weighted by Gasteiger charge is 2.49. The zero-order valence-corrected chi connectivity index (χ0v) is 10.0. The van der Waals surface area contributed by atoms with Crippen LogP contribution in [0, 0.1) is 0 Å². The summed E-state index contributed by atoms with van der Waals surface area (Å²) >= 11 is 0. The van der Waals surface area contributed by atoms with Gasteiger partial charge >= 0.3 is 6.61 Å². The first kappa shape index (κ1) is 11.0. The van der Waals surface area contributed by atoms with Gasteiger partial charge in [-0.3, -0.25) is 0 Å². The summed E-state index contributed by atoms with van der Waals surface area (Å²) in [7, 11) is 0. The minimum absolute atomic E-state index is 0.161. The molecule has 1 aromatic heterocycles. The van der Waals surface area contributed by atoms with Crippen molar-refractivity contribution in [2.24, 2.45) is 0 Å². The van der Waals surface area contributed by atoms with Gasteiger partial charge in [0.2, 0.25) is 0 Å². The van der Waals surface area contributed by atoms with Crippen LogP contribution in [0.5, 0.6) is 5.75 Å². The van der Waals surface area contributed by atoms with Crippen LogP contribution >= 0.6 is 0 Å². The van der Waals surface area contributed by atoms with Crippen LogP contribution in [0.15, 0.2) is 28.9 Å². The van der Waals surface area contributed by atoms with Crippen molar-refractivity contribution in [3.63, 3.8) is 0 Å². The molecule has 2 aliphatic rings. The first-order chi connectivity index (χ1) is 9.18. The molecule has 3 nitrogen and oxygen atoms in total. The van der Waals surface area contributed by atoms with Gasteiger partial charge in [-0.15, -0.1) is 0 Å². The van der Waals surface area contributed by atoms with Gasteiger partial charge in [-0.25, -0.2) is 0 Å². The Bertz CT molecular complexity index is 647. The molecule has 0 bridgehead atoms. The summed E-state index contributed by atoms with van der Waals surface area (Å²) in [5.41, 5.74) is 3.23. The quantitative estimate of drug-likeness (QED) is 0.831. The first-order valence-corrected chi connectivity index (χ1v) is 6.21. The number of ether oxygens (including phenoxy) is 1. The molecule has 1 fully saturated rings. The number of fused-ring (bicyclic) bond motifs is 4. The van der Waals surface area contributed by atoms with Crippen molar-refractivity contribution < 1.29 is 18.0 Å². The lowest BCUT2D eigenvalue weighted by atomic mass is 9.80. The number of hydrogen-bond acceptors (Lipinski definition) is 3. The molecular formula is C14H11F2NO2. The van der Waals surface area contributed by atoms with Crippen molar-refractivity contribution in [1.29, 1.82) is 0 Å². The van der Waals surface area contributed by atoms with Gasteiger partial charge in [0.05, 0.1) is 6.20 Å². The Hall–Kier alpha value is -1.91. The zero-order chi connectivity index (χ0) is 13.0. The summed E-state index contributed by atoms with van der Waals surface area (Å²) < 4.78 is 34.3. The van der Waals surface area contributed by atoms with Crippen molar-refractivity contribution in [2.45, 2.75) is 31.3 Å². The van der Waals surface area contributed by atoms with E-state index in [1.54, 1.807) is 18.3 Å². The third kappa shape index (κ3) is 1.57. The van der Waals surface area contributed by atoms with Gasteiger partial charge < -0.3 is 9.26 Å². The zero-order valence-electron chi connectivity index (χ0n) is 10.0. The summed E-state index contributed by atoms with van der Waals surface area (Å²) in [6.45, 7) is -2.81. The molecule has 1 saturated carbocycles. The third-order valence-corrected chi connectivity index (χ3v) is 4.06. The Labute approximate surface area is 108 Å². The fraction of sp³-hybridized carbons (Fsp3) is 0.357. The molecule has 1 spiro atoms. The maximum absolute atomic E-state index is 12.3. The molecule has 2 aliphatic carbocycles. The van der Waals surface area contributed by atoms with Crippen molar-refractivity contribution in [1.82, 2.24) is 5.16 Å². The Morgan fingerprint density at radius 2 is 2.16 bits per heavy atom. The number of alkyl halides is 2. The topological polar surface area (TPSA) is 35.3 Å². The second kappa shape index (κ2) is 3.56. The number of nitrogens with zero attached hydrogens (tertiary/aromatic N) is 1. The predicted octanol–water partition coefficient (Wildman–Crippen LogP) is 3.53. The average Bonchev–Trinajstić information content (AvgIpc) is 2.97. The second-order valence-electron chi connectivity index (χ2n) is 5.22. The van der Waals surface area contributed by atoms with Crippen molar-refractivity contribution in [2.75, 3.05) is 0 Å². The van der Waals surface area contributed by atoms with Gasteiger partial charge in [-0.2, -0.15) is 8.78 Å². The van der Waals surface area contributed by atoms with Crippen LogP contribution in [-0.4, -0.2) is 11.8 Å². The van der Waals surface area contributed by atoms with Crippen LogP contribution in [0.1, 0.15) is 24.0 Å². The van der Waals surface area contributed by atoms with Crippen LogP contribution in [0.4, 0.5) is 8.78 Å². The lowest BCUT2D eigenvalue weighted by Crippen LogP contribution is -2.16. The van der Waals surface area contributed by atoms with Crippen LogP contribution in [0.3, 0.4) is 0 Å². The van der Waals surface area contributed by atoms with Gasteiger partial charge in [-0.1, -0.05) is 11.2 Å². The first-order valence-electron chi connectivity index (χ1n) is 6.21. The summed E-state index contributed by atoms with van der Waals surface area (Å²) in [6.07, 6.45) is 4.90. The van der Waals surface area contributed by atoms with Gasteiger partial charge in [-0.05, 0) is 37.0 Å². The molecule has 1 heterocycles. The largest absolute Gasteiger partial charge is 0.435 e. The highest BCUT2D eigenvalue weighted by atomic mass is 19.3. The summed E-state index contributed by atoms with van der Waals surface area (Å²) in [6, 6.07) is 5.11. The van der Waals surface area contributed by atoms with E-state index in [0.717, 1.165) is 30.4 Å². The molecule has 0 amide bonds. The molecule has 0 atom stereocenters. The minimum atomic E-state index is -2.81. The molecular weight excluding hydrogens is 252 g/mol.